The predicted octanol–water partition coefficient (Wildman–Crippen LogP) is 2.58. The van der Waals surface area contributed by atoms with Crippen LogP contribution in [0.5, 0.6) is 0 Å². The number of nitrogens with two attached hydrogens (primary N) is 1. The Morgan fingerprint density at radius 3 is 1.93 bits per heavy atom. The number of rotatable bonds is 3. The largest absolute Gasteiger partial charge is 0.398 e. The van der Waals surface area contributed by atoms with Crippen molar-refractivity contribution in [1.82, 2.24) is 0 Å². The minimum Gasteiger partial charge on any atom is -0.398 e. The summed E-state index contributed by atoms with van der Waals surface area (Å²) in [5, 5.41) is 0. The first-order valence-corrected chi connectivity index (χ1v) is 5.13. The van der Waals surface area contributed by atoms with Gasteiger partial charge < -0.3 is 5.73 Å². The van der Waals surface area contributed by atoms with Crippen LogP contribution in [0.2, 0.25) is 0 Å². The summed E-state index contributed by atoms with van der Waals surface area (Å²) in [5.74, 6) is 0. The summed E-state index contributed by atoms with van der Waals surface area (Å²) in [5.41, 5.74) is 11.2. The molecule has 0 amide bonds. The van der Waals surface area contributed by atoms with Crippen molar-refractivity contribution >= 4 is 14.1 Å². The molecule has 0 heterocycles. The Morgan fingerprint density at radius 2 is 1.50 bits per heavy atom. The second kappa shape index (κ2) is 5.74. The Morgan fingerprint density at radius 1 is 0.929 bits per heavy atom. The lowest BCUT2D eigenvalue weighted by Crippen LogP contribution is -2.02. The van der Waals surface area contributed by atoms with Crippen LogP contribution in [0.4, 0.5) is 5.69 Å². The lowest BCUT2D eigenvalue weighted by molar-refractivity contribution is 0.984. The van der Waals surface area contributed by atoms with Crippen molar-refractivity contribution in [3.63, 3.8) is 0 Å². The van der Waals surface area contributed by atoms with Gasteiger partial charge in [0, 0.05) is 14.1 Å². The number of aryl methyl sites for hydroxylation is 1. The SMILES string of the molecule is CCc1ccc(N)c(CC)c1CC.[B]. The van der Waals surface area contributed by atoms with E-state index in [4.69, 9.17) is 5.73 Å². The van der Waals surface area contributed by atoms with E-state index in [1.165, 1.54) is 16.7 Å². The topological polar surface area (TPSA) is 26.0 Å². The lowest BCUT2D eigenvalue weighted by atomic mass is 9.94. The molecule has 0 aliphatic heterocycles. The number of nitrogen functional groups attached to an aromatic ring is 1. The molecule has 0 saturated carbocycles. The van der Waals surface area contributed by atoms with Crippen molar-refractivity contribution in [2.75, 3.05) is 5.73 Å². The van der Waals surface area contributed by atoms with Gasteiger partial charge in [0.1, 0.15) is 0 Å². The lowest BCUT2D eigenvalue weighted by Gasteiger charge is -2.13. The maximum Gasteiger partial charge on any atom is 0.0349 e. The molecule has 2 heteroatoms. The number of hydrogen-bond acceptors (Lipinski definition) is 1. The molecule has 0 fully saturated rings. The summed E-state index contributed by atoms with van der Waals surface area (Å²) in [4.78, 5) is 0. The molecule has 1 aromatic carbocycles. The van der Waals surface area contributed by atoms with Crippen LogP contribution in [0.3, 0.4) is 0 Å². The second-order valence-electron chi connectivity index (χ2n) is 3.33. The molecule has 0 atom stereocenters. The molecule has 2 N–H and O–H groups in total. The molecule has 0 spiro atoms. The highest BCUT2D eigenvalue weighted by atomic mass is 14.6. The molecular weight excluding hydrogens is 169 g/mol. The van der Waals surface area contributed by atoms with Crippen LogP contribution < -0.4 is 5.73 Å². The highest BCUT2D eigenvalue weighted by Crippen LogP contribution is 2.22. The Labute approximate surface area is 89.3 Å². The van der Waals surface area contributed by atoms with Crippen molar-refractivity contribution in [1.29, 1.82) is 0 Å². The second-order valence-corrected chi connectivity index (χ2v) is 3.33. The van der Waals surface area contributed by atoms with E-state index in [9.17, 15) is 0 Å². The van der Waals surface area contributed by atoms with E-state index in [-0.39, 0.29) is 8.41 Å². The van der Waals surface area contributed by atoms with Gasteiger partial charge >= 0.3 is 0 Å². The third kappa shape index (κ3) is 2.31. The van der Waals surface area contributed by atoms with Crippen molar-refractivity contribution in [3.05, 3.63) is 28.8 Å². The first-order valence-electron chi connectivity index (χ1n) is 5.13. The summed E-state index contributed by atoms with van der Waals surface area (Å²) in [6.45, 7) is 6.57. The zero-order chi connectivity index (χ0) is 9.84. The monoisotopic (exact) mass is 188 g/mol. The van der Waals surface area contributed by atoms with Crippen LogP contribution in [0.1, 0.15) is 37.5 Å². The molecule has 1 nitrogen and oxygen atoms in total. The van der Waals surface area contributed by atoms with Gasteiger partial charge in [-0.3, -0.25) is 0 Å². The maximum absolute atomic E-state index is 5.93. The highest BCUT2D eigenvalue weighted by Gasteiger charge is 2.06. The number of benzene rings is 1. The Bertz CT molecular complexity index is 295. The van der Waals surface area contributed by atoms with E-state index in [0.717, 1.165) is 24.9 Å². The quantitative estimate of drug-likeness (QED) is 0.572. The van der Waals surface area contributed by atoms with E-state index in [1.54, 1.807) is 0 Å². The average Bonchev–Trinajstić information content (AvgIpc) is 2.17. The summed E-state index contributed by atoms with van der Waals surface area (Å²) in [6.07, 6.45) is 3.25. The number of anilines is 1. The number of hydrogen-bond donors (Lipinski definition) is 1. The molecule has 75 valence electrons. The van der Waals surface area contributed by atoms with Crippen molar-refractivity contribution < 1.29 is 0 Å². The van der Waals surface area contributed by atoms with Crippen LogP contribution in [0, 0.1) is 0 Å². The van der Waals surface area contributed by atoms with E-state index in [0.29, 0.717) is 0 Å². The van der Waals surface area contributed by atoms with E-state index in [2.05, 4.69) is 26.8 Å². The highest BCUT2D eigenvalue weighted by molar-refractivity contribution is 5.75. The molecule has 1 aromatic rings. The summed E-state index contributed by atoms with van der Waals surface area (Å²) < 4.78 is 0. The third-order valence-electron chi connectivity index (χ3n) is 2.65. The van der Waals surface area contributed by atoms with Gasteiger partial charge in [-0.05, 0) is 42.0 Å². The molecule has 0 aliphatic rings. The molecule has 3 radical (unpaired) electrons. The fraction of sp³-hybridized carbons (Fsp3) is 0.500. The predicted molar refractivity (Wildman–Crippen MR) is 64.7 cm³/mol. The summed E-state index contributed by atoms with van der Waals surface area (Å²) in [7, 11) is 0. The minimum absolute atomic E-state index is 0. The van der Waals surface area contributed by atoms with Gasteiger partial charge in [0.2, 0.25) is 0 Å². The third-order valence-corrected chi connectivity index (χ3v) is 2.65. The molecule has 0 unspecified atom stereocenters. The molecule has 0 bridgehead atoms. The van der Waals surface area contributed by atoms with Crippen molar-refractivity contribution in [2.45, 2.75) is 40.0 Å². The molecule has 0 aliphatic carbocycles. The summed E-state index contributed by atoms with van der Waals surface area (Å²) in [6, 6.07) is 4.20. The van der Waals surface area contributed by atoms with Crippen molar-refractivity contribution in [2.24, 2.45) is 0 Å². The minimum atomic E-state index is 0. The molecular formula is C12H19BN. The Kier molecular flexibility index (Phi) is 5.36. The van der Waals surface area contributed by atoms with Gasteiger partial charge in [0.05, 0.1) is 0 Å². The van der Waals surface area contributed by atoms with Gasteiger partial charge in [-0.15, -0.1) is 0 Å². The van der Waals surface area contributed by atoms with Gasteiger partial charge in [0.15, 0.2) is 0 Å². The van der Waals surface area contributed by atoms with Crippen LogP contribution in [0.25, 0.3) is 0 Å². The maximum atomic E-state index is 5.93. The summed E-state index contributed by atoms with van der Waals surface area (Å²) >= 11 is 0. The zero-order valence-electron chi connectivity index (χ0n) is 9.43. The zero-order valence-corrected chi connectivity index (χ0v) is 9.43. The molecule has 14 heavy (non-hydrogen) atoms. The standard InChI is InChI=1S/C12H19N.B/c1-4-9-7-8-12(13)11(6-3)10(9)5-2;/h7-8H,4-6,13H2,1-3H3;. The Balaban J connectivity index is 0.00000169. The van der Waals surface area contributed by atoms with Gasteiger partial charge in [-0.1, -0.05) is 26.8 Å². The van der Waals surface area contributed by atoms with Gasteiger partial charge in [-0.25, -0.2) is 0 Å². The van der Waals surface area contributed by atoms with E-state index in [1.807, 2.05) is 6.07 Å². The van der Waals surface area contributed by atoms with E-state index < -0.39 is 0 Å². The van der Waals surface area contributed by atoms with Gasteiger partial charge in [-0.2, -0.15) is 0 Å². The van der Waals surface area contributed by atoms with Gasteiger partial charge in [0.25, 0.3) is 0 Å². The molecule has 1 rings (SSSR count). The normalized spacial score (nSPS) is 9.64. The molecule has 0 saturated heterocycles. The van der Waals surface area contributed by atoms with Crippen LogP contribution in [-0.4, -0.2) is 8.41 Å². The van der Waals surface area contributed by atoms with E-state index >= 15 is 0 Å². The van der Waals surface area contributed by atoms with Crippen molar-refractivity contribution in [3.8, 4) is 0 Å². The van der Waals surface area contributed by atoms with Crippen LogP contribution in [0.15, 0.2) is 12.1 Å². The fourth-order valence-electron chi connectivity index (χ4n) is 1.95. The fourth-order valence-corrected chi connectivity index (χ4v) is 1.95. The Hall–Kier alpha value is -0.915. The first-order chi connectivity index (χ1) is 6.24. The average molecular weight is 188 g/mol. The smallest absolute Gasteiger partial charge is 0.0349 e. The first kappa shape index (κ1) is 13.1. The van der Waals surface area contributed by atoms with Crippen LogP contribution in [-0.2, 0) is 19.3 Å². The van der Waals surface area contributed by atoms with Crippen LogP contribution >= 0.6 is 0 Å². The molecule has 0 aromatic heterocycles.